The van der Waals surface area contributed by atoms with E-state index in [9.17, 15) is 22.0 Å². The molecule has 1 N–H and O–H groups in total. The molecule has 156 valence electrons. The number of aromatic nitrogens is 3. The SMILES string of the molecule is CCc1ncc(-c2ccc(S(=O)(=O)Nc3cc(F)c(C(=O)OC)cc3F)nc2)cn1. The molecule has 0 bridgehead atoms. The fourth-order valence-corrected chi connectivity index (χ4v) is 3.47. The van der Waals surface area contributed by atoms with Gasteiger partial charge in [-0.2, -0.15) is 8.42 Å². The number of nitrogens with one attached hydrogen (secondary N) is 1. The van der Waals surface area contributed by atoms with E-state index in [1.165, 1.54) is 18.3 Å². The van der Waals surface area contributed by atoms with Crippen molar-refractivity contribution < 1.29 is 26.7 Å². The van der Waals surface area contributed by atoms with Crippen molar-refractivity contribution in [3.63, 3.8) is 0 Å². The van der Waals surface area contributed by atoms with E-state index in [4.69, 9.17) is 0 Å². The zero-order chi connectivity index (χ0) is 21.9. The summed E-state index contributed by atoms with van der Waals surface area (Å²) in [7, 11) is -3.31. The summed E-state index contributed by atoms with van der Waals surface area (Å²) in [6.45, 7) is 1.92. The molecular formula is C19H16F2N4O4S. The standard InChI is InChI=1S/C19H16F2N4O4S/c1-3-17-22-9-12(10-23-17)11-4-5-18(24-8-11)30(27,28)25-16-7-14(20)13(6-15(16)21)19(26)29-2/h4-10,25H,3H2,1-2H3. The minimum atomic E-state index is -4.32. The van der Waals surface area contributed by atoms with Crippen LogP contribution in [0.5, 0.6) is 0 Å². The third-order valence-corrected chi connectivity index (χ3v) is 5.35. The average Bonchev–Trinajstić information content (AvgIpc) is 2.75. The van der Waals surface area contributed by atoms with Gasteiger partial charge in [-0.25, -0.2) is 28.5 Å². The Morgan fingerprint density at radius 3 is 2.27 bits per heavy atom. The Hall–Kier alpha value is -3.47. The van der Waals surface area contributed by atoms with E-state index >= 15 is 0 Å². The molecular weight excluding hydrogens is 418 g/mol. The van der Waals surface area contributed by atoms with Crippen LogP contribution in [0.15, 0.2) is 47.9 Å². The van der Waals surface area contributed by atoms with E-state index in [1.807, 2.05) is 11.6 Å². The number of ether oxygens (including phenoxy) is 1. The van der Waals surface area contributed by atoms with Crippen molar-refractivity contribution in [3.05, 3.63) is 65.9 Å². The lowest BCUT2D eigenvalue weighted by Gasteiger charge is -2.10. The minimum absolute atomic E-state index is 0.408. The molecule has 0 fully saturated rings. The number of nitrogens with zero attached hydrogens (tertiary/aromatic N) is 3. The molecule has 0 aliphatic carbocycles. The van der Waals surface area contributed by atoms with Crippen LogP contribution in [0.1, 0.15) is 23.1 Å². The zero-order valence-corrected chi connectivity index (χ0v) is 16.7. The van der Waals surface area contributed by atoms with Gasteiger partial charge in [-0.1, -0.05) is 6.92 Å². The molecule has 0 spiro atoms. The van der Waals surface area contributed by atoms with Crippen LogP contribution < -0.4 is 4.72 Å². The number of pyridine rings is 1. The molecule has 0 aliphatic heterocycles. The molecule has 0 atom stereocenters. The van der Waals surface area contributed by atoms with Crippen molar-refractivity contribution in [3.8, 4) is 11.1 Å². The number of hydrogen-bond acceptors (Lipinski definition) is 7. The van der Waals surface area contributed by atoms with Crippen molar-refractivity contribution in [1.82, 2.24) is 15.0 Å². The van der Waals surface area contributed by atoms with E-state index in [-0.39, 0.29) is 0 Å². The van der Waals surface area contributed by atoms with Crippen LogP contribution in [0.2, 0.25) is 0 Å². The number of hydrogen-bond donors (Lipinski definition) is 1. The number of rotatable bonds is 6. The lowest BCUT2D eigenvalue weighted by Crippen LogP contribution is -2.16. The normalized spacial score (nSPS) is 11.2. The number of esters is 1. The van der Waals surface area contributed by atoms with Gasteiger partial charge in [-0.15, -0.1) is 0 Å². The number of anilines is 1. The van der Waals surface area contributed by atoms with E-state index in [2.05, 4.69) is 19.7 Å². The van der Waals surface area contributed by atoms with Crippen molar-refractivity contribution in [2.45, 2.75) is 18.4 Å². The first kappa shape index (κ1) is 21.2. The second-order valence-electron chi connectivity index (χ2n) is 6.04. The number of methoxy groups -OCH3 is 1. The van der Waals surface area contributed by atoms with Crippen molar-refractivity contribution >= 4 is 21.7 Å². The molecule has 0 saturated heterocycles. The van der Waals surface area contributed by atoms with Gasteiger partial charge in [0.2, 0.25) is 0 Å². The monoisotopic (exact) mass is 434 g/mol. The van der Waals surface area contributed by atoms with E-state index < -0.39 is 43.9 Å². The van der Waals surface area contributed by atoms with E-state index in [0.717, 1.165) is 7.11 Å². The second-order valence-corrected chi connectivity index (χ2v) is 7.66. The van der Waals surface area contributed by atoms with Crippen LogP contribution in [0.3, 0.4) is 0 Å². The maximum atomic E-state index is 14.2. The van der Waals surface area contributed by atoms with Crippen LogP contribution in [0.4, 0.5) is 14.5 Å². The molecule has 2 aromatic heterocycles. The Kier molecular flexibility index (Phi) is 6.01. The minimum Gasteiger partial charge on any atom is -0.465 e. The van der Waals surface area contributed by atoms with Gasteiger partial charge in [-0.3, -0.25) is 4.72 Å². The molecule has 11 heteroatoms. The number of halogens is 2. The maximum absolute atomic E-state index is 14.2. The highest BCUT2D eigenvalue weighted by atomic mass is 32.2. The molecule has 0 radical (unpaired) electrons. The predicted octanol–water partition coefficient (Wildman–Crippen LogP) is 2.97. The Morgan fingerprint density at radius 2 is 1.70 bits per heavy atom. The summed E-state index contributed by atoms with van der Waals surface area (Å²) in [6.07, 6.45) is 5.17. The van der Waals surface area contributed by atoms with Crippen LogP contribution in [0.25, 0.3) is 11.1 Å². The van der Waals surface area contributed by atoms with Gasteiger partial charge in [0.25, 0.3) is 10.0 Å². The number of aryl methyl sites for hydroxylation is 1. The summed E-state index contributed by atoms with van der Waals surface area (Å²) in [4.78, 5) is 23.6. The molecule has 3 aromatic rings. The first-order chi connectivity index (χ1) is 14.2. The number of sulfonamides is 1. The van der Waals surface area contributed by atoms with Crippen LogP contribution in [-0.2, 0) is 21.2 Å². The van der Waals surface area contributed by atoms with Crippen LogP contribution in [0, 0.1) is 11.6 Å². The molecule has 0 aliphatic rings. The van der Waals surface area contributed by atoms with Gasteiger partial charge in [0.1, 0.15) is 17.5 Å². The molecule has 2 heterocycles. The third-order valence-electron chi connectivity index (χ3n) is 4.07. The van der Waals surface area contributed by atoms with Crippen LogP contribution >= 0.6 is 0 Å². The summed E-state index contributed by atoms with van der Waals surface area (Å²) >= 11 is 0. The molecule has 0 unspecified atom stereocenters. The second kappa shape index (κ2) is 8.49. The molecule has 8 nitrogen and oxygen atoms in total. The Bertz CT molecular complexity index is 1180. The third kappa shape index (κ3) is 4.40. The quantitative estimate of drug-likeness (QED) is 0.594. The smallest absolute Gasteiger partial charge is 0.340 e. The van der Waals surface area contributed by atoms with E-state index in [1.54, 1.807) is 12.4 Å². The van der Waals surface area contributed by atoms with Gasteiger partial charge in [-0.05, 0) is 18.2 Å². The fraction of sp³-hybridized carbons (Fsp3) is 0.158. The molecule has 3 rings (SSSR count). The first-order valence-electron chi connectivity index (χ1n) is 8.62. The van der Waals surface area contributed by atoms with Gasteiger partial charge in [0.15, 0.2) is 5.03 Å². The first-order valence-corrected chi connectivity index (χ1v) is 10.1. The maximum Gasteiger partial charge on any atom is 0.340 e. The number of benzene rings is 1. The summed E-state index contributed by atoms with van der Waals surface area (Å²) < 4.78 is 59.4. The highest BCUT2D eigenvalue weighted by Gasteiger charge is 2.22. The summed E-state index contributed by atoms with van der Waals surface area (Å²) in [5, 5.41) is -0.408. The topological polar surface area (TPSA) is 111 Å². The van der Waals surface area contributed by atoms with Crippen LogP contribution in [-0.4, -0.2) is 36.4 Å². The van der Waals surface area contributed by atoms with Gasteiger partial charge in [0.05, 0.1) is 18.4 Å². The lowest BCUT2D eigenvalue weighted by molar-refractivity contribution is 0.0595. The lowest BCUT2D eigenvalue weighted by atomic mass is 10.1. The number of carbonyl (C=O) groups is 1. The van der Waals surface area contributed by atoms with Gasteiger partial charge in [0, 0.05) is 42.2 Å². The Morgan fingerprint density at radius 1 is 1.03 bits per heavy atom. The average molecular weight is 434 g/mol. The van der Waals surface area contributed by atoms with Gasteiger partial charge >= 0.3 is 5.97 Å². The summed E-state index contributed by atoms with van der Waals surface area (Å²) in [6, 6.07) is 3.81. The summed E-state index contributed by atoms with van der Waals surface area (Å²) in [5.74, 6) is -2.71. The van der Waals surface area contributed by atoms with Crippen molar-refractivity contribution in [2.75, 3.05) is 11.8 Å². The summed E-state index contributed by atoms with van der Waals surface area (Å²) in [5.41, 5.74) is -0.106. The zero-order valence-electron chi connectivity index (χ0n) is 15.9. The molecule has 1 aromatic carbocycles. The number of carbonyl (C=O) groups excluding carboxylic acids is 1. The molecule has 30 heavy (non-hydrogen) atoms. The van der Waals surface area contributed by atoms with Crippen molar-refractivity contribution in [2.24, 2.45) is 0 Å². The predicted molar refractivity (Wildman–Crippen MR) is 103 cm³/mol. The largest absolute Gasteiger partial charge is 0.465 e. The fourth-order valence-electron chi connectivity index (χ4n) is 2.48. The Balaban J connectivity index is 1.85. The molecule has 0 saturated carbocycles. The molecule has 0 amide bonds. The highest BCUT2D eigenvalue weighted by Crippen LogP contribution is 2.24. The van der Waals surface area contributed by atoms with E-state index in [0.29, 0.717) is 35.5 Å². The van der Waals surface area contributed by atoms with Crippen molar-refractivity contribution in [1.29, 1.82) is 0 Å². The Labute approximate surface area is 171 Å². The highest BCUT2D eigenvalue weighted by molar-refractivity contribution is 7.92. The van der Waals surface area contributed by atoms with Gasteiger partial charge < -0.3 is 4.74 Å².